The summed E-state index contributed by atoms with van der Waals surface area (Å²) in [5, 5.41) is 43.5. The fourth-order valence-electron chi connectivity index (χ4n) is 10.8. The molecular formula is C33H58O6. The van der Waals surface area contributed by atoms with Gasteiger partial charge in [0.05, 0.1) is 17.8 Å². The Bertz CT molecular complexity index is 848. The van der Waals surface area contributed by atoms with Gasteiger partial charge in [0.2, 0.25) is 0 Å². The lowest BCUT2D eigenvalue weighted by atomic mass is 9.42. The first kappa shape index (κ1) is 30.2. The Balaban J connectivity index is 1.30. The molecule has 6 heteroatoms. The molecule has 39 heavy (non-hydrogen) atoms. The molecule has 6 nitrogen and oxygen atoms in total. The Labute approximate surface area is 237 Å². The summed E-state index contributed by atoms with van der Waals surface area (Å²) in [6, 6.07) is 0. The van der Waals surface area contributed by atoms with Gasteiger partial charge in [0, 0.05) is 5.41 Å². The normalized spacial score (nSPS) is 51.3. The lowest BCUT2D eigenvalue weighted by Gasteiger charge is -2.65. The predicted octanol–water partition coefficient (Wildman–Crippen LogP) is 5.44. The first-order valence-electron chi connectivity index (χ1n) is 16.4. The Morgan fingerprint density at radius 2 is 1.62 bits per heavy atom. The average Bonchev–Trinajstić information content (AvgIpc) is 3.36. The largest absolute Gasteiger partial charge is 0.391 e. The van der Waals surface area contributed by atoms with E-state index >= 15 is 0 Å². The van der Waals surface area contributed by atoms with Crippen molar-refractivity contribution in [1.29, 1.82) is 0 Å². The van der Waals surface area contributed by atoms with Crippen molar-refractivity contribution in [2.24, 2.45) is 46.3 Å². The second kappa shape index (κ2) is 11.1. The van der Waals surface area contributed by atoms with Crippen LogP contribution in [0, 0.1) is 46.3 Å². The monoisotopic (exact) mass is 550 g/mol. The van der Waals surface area contributed by atoms with E-state index in [-0.39, 0.29) is 5.41 Å². The molecular weight excluding hydrogens is 492 g/mol. The van der Waals surface area contributed by atoms with Crippen LogP contribution in [0.15, 0.2) is 0 Å². The van der Waals surface area contributed by atoms with Crippen LogP contribution in [-0.2, 0) is 9.47 Å². The molecule has 0 unspecified atom stereocenters. The minimum Gasteiger partial charge on any atom is -0.391 e. The van der Waals surface area contributed by atoms with Crippen molar-refractivity contribution in [2.75, 3.05) is 0 Å². The lowest BCUT2D eigenvalue weighted by Crippen LogP contribution is -2.67. The van der Waals surface area contributed by atoms with E-state index in [1.807, 2.05) is 0 Å². The molecule has 0 bridgehead atoms. The van der Waals surface area contributed by atoms with Crippen LogP contribution >= 0.6 is 0 Å². The number of hydrogen-bond acceptors (Lipinski definition) is 6. The molecule has 5 aliphatic rings. The van der Waals surface area contributed by atoms with Crippen molar-refractivity contribution < 1.29 is 29.9 Å². The predicted molar refractivity (Wildman–Crippen MR) is 152 cm³/mol. The van der Waals surface area contributed by atoms with Crippen molar-refractivity contribution in [2.45, 2.75) is 161 Å². The van der Waals surface area contributed by atoms with Crippen LogP contribution in [0.4, 0.5) is 0 Å². The van der Waals surface area contributed by atoms with Gasteiger partial charge in [-0.2, -0.15) is 0 Å². The van der Waals surface area contributed by atoms with Crippen molar-refractivity contribution >= 4 is 0 Å². The van der Waals surface area contributed by atoms with Crippen LogP contribution in [0.2, 0.25) is 0 Å². The van der Waals surface area contributed by atoms with E-state index in [4.69, 9.17) is 9.47 Å². The summed E-state index contributed by atoms with van der Waals surface area (Å²) in [5.41, 5.74) is -0.783. The van der Waals surface area contributed by atoms with Crippen molar-refractivity contribution in [3.8, 4) is 0 Å². The number of ether oxygens (including phenoxy) is 2. The maximum absolute atomic E-state index is 12.4. The van der Waals surface area contributed by atoms with Gasteiger partial charge in [-0.05, 0) is 99.2 Å². The van der Waals surface area contributed by atoms with Gasteiger partial charge in [-0.1, -0.05) is 60.3 Å². The zero-order chi connectivity index (χ0) is 28.3. The highest BCUT2D eigenvalue weighted by Gasteiger charge is 2.67. The molecule has 0 aromatic rings. The first-order valence-corrected chi connectivity index (χ1v) is 16.4. The van der Waals surface area contributed by atoms with Crippen molar-refractivity contribution in [3.63, 3.8) is 0 Å². The van der Waals surface area contributed by atoms with Gasteiger partial charge in [-0.25, -0.2) is 0 Å². The highest BCUT2D eigenvalue weighted by atomic mass is 16.7. The number of rotatable bonds is 8. The standard InChI is InChI=1S/C33H58O6/c1-19(2)9-7-10-20(3)23-12-13-24-22-14-18-33(37)26(38-30-28(36)27(35)29(39-30)21(4)34)11-8-16-32(33,6)25(22)15-17-31(23,24)5/h19-30,34-37H,7-18H2,1-6H3/t20-,21+,22+,23-,24+,25+,26-,27+,28+,29-,30+,31-,32-,33-/m1/s1. The van der Waals surface area contributed by atoms with E-state index in [1.54, 1.807) is 6.92 Å². The molecule has 0 radical (unpaired) electrons. The summed E-state index contributed by atoms with van der Waals surface area (Å²) >= 11 is 0. The van der Waals surface area contributed by atoms with Gasteiger partial charge >= 0.3 is 0 Å². The van der Waals surface area contributed by atoms with Crippen LogP contribution in [0.25, 0.3) is 0 Å². The van der Waals surface area contributed by atoms with Crippen LogP contribution in [-0.4, -0.2) is 62.8 Å². The van der Waals surface area contributed by atoms with Gasteiger partial charge in [0.15, 0.2) is 6.29 Å². The molecule has 1 saturated heterocycles. The molecule has 4 saturated carbocycles. The highest BCUT2D eigenvalue weighted by molar-refractivity contribution is 5.16. The summed E-state index contributed by atoms with van der Waals surface area (Å²) in [5.74, 6) is 4.30. The Kier molecular flexibility index (Phi) is 8.61. The summed E-state index contributed by atoms with van der Waals surface area (Å²) in [7, 11) is 0. The second-order valence-corrected chi connectivity index (χ2v) is 15.5. The number of aliphatic hydroxyl groups is 4. The zero-order valence-corrected chi connectivity index (χ0v) is 25.5. The molecule has 4 N–H and O–H groups in total. The molecule has 1 aliphatic heterocycles. The molecule has 0 aromatic heterocycles. The molecule has 0 aromatic carbocycles. The fraction of sp³-hybridized carbons (Fsp3) is 1.00. The summed E-state index contributed by atoms with van der Waals surface area (Å²) in [6.07, 6.45) is 7.98. The molecule has 5 rings (SSSR count). The van der Waals surface area contributed by atoms with E-state index < -0.39 is 42.4 Å². The molecule has 0 spiro atoms. The summed E-state index contributed by atoms with van der Waals surface area (Å²) in [6.45, 7) is 13.7. The summed E-state index contributed by atoms with van der Waals surface area (Å²) in [4.78, 5) is 0. The third-order valence-corrected chi connectivity index (χ3v) is 13.0. The van der Waals surface area contributed by atoms with E-state index in [0.717, 1.165) is 55.8 Å². The fourth-order valence-corrected chi connectivity index (χ4v) is 10.8. The van der Waals surface area contributed by atoms with Crippen LogP contribution < -0.4 is 0 Å². The molecule has 0 amide bonds. The summed E-state index contributed by atoms with van der Waals surface area (Å²) < 4.78 is 12.1. The Morgan fingerprint density at radius 3 is 2.28 bits per heavy atom. The molecule has 4 aliphatic carbocycles. The highest BCUT2D eigenvalue weighted by Crippen LogP contribution is 2.69. The van der Waals surface area contributed by atoms with E-state index in [0.29, 0.717) is 17.3 Å². The quantitative estimate of drug-likeness (QED) is 0.321. The lowest BCUT2D eigenvalue weighted by molar-refractivity contribution is -0.296. The van der Waals surface area contributed by atoms with Gasteiger partial charge in [-0.15, -0.1) is 0 Å². The maximum Gasteiger partial charge on any atom is 0.187 e. The molecule has 5 fully saturated rings. The van der Waals surface area contributed by atoms with Gasteiger partial charge in [0.1, 0.15) is 18.3 Å². The first-order chi connectivity index (χ1) is 18.3. The molecule has 14 atom stereocenters. The van der Waals surface area contributed by atoms with Crippen molar-refractivity contribution in [3.05, 3.63) is 0 Å². The van der Waals surface area contributed by atoms with E-state index in [9.17, 15) is 20.4 Å². The zero-order valence-electron chi connectivity index (χ0n) is 25.5. The van der Waals surface area contributed by atoms with E-state index in [1.165, 1.54) is 44.9 Å². The second-order valence-electron chi connectivity index (χ2n) is 15.5. The van der Waals surface area contributed by atoms with Crippen LogP contribution in [0.3, 0.4) is 0 Å². The number of fused-ring (bicyclic) bond motifs is 5. The molecule has 1 heterocycles. The number of aliphatic hydroxyl groups excluding tert-OH is 3. The average molecular weight is 551 g/mol. The number of hydrogen-bond donors (Lipinski definition) is 4. The topological polar surface area (TPSA) is 99.4 Å². The minimum absolute atomic E-state index is 0.229. The SMILES string of the molecule is CC(C)CCC[C@@H](C)[C@H]1CC[C@H]2[C@@H]3CC[C@@]4(O)[C@H](O[C@H]5O[C@H]([C@H](C)O)[C@@H](O)[C@@H]5O)CCC[C@]4(C)[C@H]3CC[C@]12C. The van der Waals surface area contributed by atoms with Crippen LogP contribution in [0.5, 0.6) is 0 Å². The van der Waals surface area contributed by atoms with Gasteiger partial charge in [0.25, 0.3) is 0 Å². The minimum atomic E-state index is -1.23. The Hall–Kier alpha value is -0.240. The van der Waals surface area contributed by atoms with Crippen LogP contribution in [0.1, 0.15) is 119 Å². The molecule has 226 valence electrons. The smallest absolute Gasteiger partial charge is 0.187 e. The third kappa shape index (κ3) is 4.95. The van der Waals surface area contributed by atoms with Gasteiger partial charge < -0.3 is 29.9 Å². The third-order valence-electron chi connectivity index (χ3n) is 13.0. The van der Waals surface area contributed by atoms with E-state index in [2.05, 4.69) is 34.6 Å². The van der Waals surface area contributed by atoms with Crippen molar-refractivity contribution in [1.82, 2.24) is 0 Å². The Morgan fingerprint density at radius 1 is 0.872 bits per heavy atom. The van der Waals surface area contributed by atoms with Gasteiger partial charge in [-0.3, -0.25) is 0 Å². The maximum atomic E-state index is 12.4.